The van der Waals surface area contributed by atoms with Gasteiger partial charge < -0.3 is 24.4 Å². The van der Waals surface area contributed by atoms with Crippen molar-refractivity contribution in [1.29, 1.82) is 0 Å². The Labute approximate surface area is 176 Å². The van der Waals surface area contributed by atoms with Crippen molar-refractivity contribution in [3.05, 3.63) is 59.9 Å². The van der Waals surface area contributed by atoms with E-state index < -0.39 is 0 Å². The van der Waals surface area contributed by atoms with Crippen molar-refractivity contribution in [2.24, 2.45) is 0 Å². The summed E-state index contributed by atoms with van der Waals surface area (Å²) in [4.78, 5) is 14.6. The summed E-state index contributed by atoms with van der Waals surface area (Å²) in [5, 5.41) is 3.29. The van der Waals surface area contributed by atoms with E-state index in [0.717, 1.165) is 25.2 Å². The van der Waals surface area contributed by atoms with Crippen LogP contribution in [0.15, 0.2) is 54.3 Å². The van der Waals surface area contributed by atoms with Gasteiger partial charge in [0, 0.05) is 24.8 Å². The first kappa shape index (κ1) is 19.0. The highest BCUT2D eigenvalue weighted by Gasteiger charge is 2.29. The number of hydrogen-bond acceptors (Lipinski definition) is 5. The Bertz CT molecular complexity index is 960. The number of nitrogens with zero attached hydrogens (tertiary/aromatic N) is 1. The molecule has 2 aromatic carbocycles. The fourth-order valence-electron chi connectivity index (χ4n) is 3.97. The maximum Gasteiger partial charge on any atom is 0.294 e. The minimum Gasteiger partial charge on any atom is -0.493 e. The van der Waals surface area contributed by atoms with Crippen molar-refractivity contribution >= 4 is 11.6 Å². The predicted octanol–water partition coefficient (Wildman–Crippen LogP) is 3.62. The van der Waals surface area contributed by atoms with Crippen LogP contribution in [-0.2, 0) is 4.79 Å². The maximum absolute atomic E-state index is 12.9. The fourth-order valence-corrected chi connectivity index (χ4v) is 3.97. The van der Waals surface area contributed by atoms with Crippen LogP contribution in [0.5, 0.6) is 17.2 Å². The van der Waals surface area contributed by atoms with Crippen LogP contribution in [0.3, 0.4) is 0 Å². The minimum absolute atomic E-state index is 0.145. The SMILES string of the molecule is COc1cc(N2CC=C(Oc3ccc(C4CC4)cc3)C2=O)ccc1OC1CCNC1. The average Bonchev–Trinajstić information content (AvgIpc) is 3.39. The molecule has 5 rings (SSSR count). The summed E-state index contributed by atoms with van der Waals surface area (Å²) in [5.74, 6) is 2.91. The van der Waals surface area contributed by atoms with Crippen LogP contribution in [0.4, 0.5) is 5.69 Å². The van der Waals surface area contributed by atoms with Crippen molar-refractivity contribution in [3.8, 4) is 17.2 Å². The number of rotatable bonds is 7. The van der Waals surface area contributed by atoms with Crippen LogP contribution in [-0.4, -0.2) is 38.8 Å². The number of amides is 1. The highest BCUT2D eigenvalue weighted by atomic mass is 16.5. The van der Waals surface area contributed by atoms with Gasteiger partial charge in [-0.25, -0.2) is 0 Å². The molecule has 0 spiro atoms. The Kier molecular flexibility index (Phi) is 5.09. The maximum atomic E-state index is 12.9. The van der Waals surface area contributed by atoms with E-state index in [-0.39, 0.29) is 12.0 Å². The van der Waals surface area contributed by atoms with E-state index in [1.165, 1.54) is 18.4 Å². The molecule has 1 aliphatic carbocycles. The third-order valence-corrected chi connectivity index (χ3v) is 5.84. The number of ether oxygens (including phenoxy) is 3. The van der Waals surface area contributed by atoms with Crippen molar-refractivity contribution in [2.75, 3.05) is 31.6 Å². The van der Waals surface area contributed by atoms with Gasteiger partial charge in [0.25, 0.3) is 5.91 Å². The Morgan fingerprint density at radius 2 is 1.87 bits per heavy atom. The van der Waals surface area contributed by atoms with Crippen LogP contribution in [0.25, 0.3) is 0 Å². The van der Waals surface area contributed by atoms with Crippen LogP contribution in [0.1, 0.15) is 30.7 Å². The largest absolute Gasteiger partial charge is 0.493 e. The Morgan fingerprint density at radius 3 is 2.57 bits per heavy atom. The number of hydrogen-bond donors (Lipinski definition) is 1. The number of benzene rings is 2. The van der Waals surface area contributed by atoms with Gasteiger partial charge >= 0.3 is 0 Å². The van der Waals surface area contributed by atoms with Gasteiger partial charge in [-0.05, 0) is 67.6 Å². The lowest BCUT2D eigenvalue weighted by Crippen LogP contribution is -2.27. The third kappa shape index (κ3) is 3.87. The van der Waals surface area contributed by atoms with Gasteiger partial charge in [0.15, 0.2) is 17.3 Å². The Morgan fingerprint density at radius 1 is 1.03 bits per heavy atom. The summed E-state index contributed by atoms with van der Waals surface area (Å²) < 4.78 is 17.4. The van der Waals surface area contributed by atoms with Gasteiger partial charge in [-0.1, -0.05) is 12.1 Å². The molecule has 30 heavy (non-hydrogen) atoms. The lowest BCUT2D eigenvalue weighted by Gasteiger charge is -2.20. The number of nitrogens with one attached hydrogen (secondary N) is 1. The zero-order chi connectivity index (χ0) is 20.5. The summed E-state index contributed by atoms with van der Waals surface area (Å²) >= 11 is 0. The molecule has 1 saturated carbocycles. The zero-order valence-corrected chi connectivity index (χ0v) is 17.1. The Hall–Kier alpha value is -2.99. The molecule has 1 N–H and O–H groups in total. The monoisotopic (exact) mass is 406 g/mol. The minimum atomic E-state index is -0.156. The molecule has 0 radical (unpaired) electrons. The van der Waals surface area contributed by atoms with E-state index >= 15 is 0 Å². The van der Waals surface area contributed by atoms with E-state index in [1.807, 2.05) is 36.4 Å². The summed E-state index contributed by atoms with van der Waals surface area (Å²) in [7, 11) is 1.61. The molecular formula is C24H26N2O4. The van der Waals surface area contributed by atoms with E-state index in [4.69, 9.17) is 14.2 Å². The van der Waals surface area contributed by atoms with Gasteiger partial charge in [-0.15, -0.1) is 0 Å². The smallest absolute Gasteiger partial charge is 0.294 e. The fraction of sp³-hybridized carbons (Fsp3) is 0.375. The molecule has 2 aromatic rings. The molecule has 2 fully saturated rings. The van der Waals surface area contributed by atoms with Gasteiger partial charge in [0.2, 0.25) is 0 Å². The van der Waals surface area contributed by atoms with E-state index in [0.29, 0.717) is 35.5 Å². The molecule has 0 aromatic heterocycles. The predicted molar refractivity (Wildman–Crippen MR) is 114 cm³/mol. The second-order valence-electron chi connectivity index (χ2n) is 8.00. The van der Waals surface area contributed by atoms with Crippen molar-refractivity contribution in [3.63, 3.8) is 0 Å². The highest BCUT2D eigenvalue weighted by molar-refractivity contribution is 6.07. The third-order valence-electron chi connectivity index (χ3n) is 5.84. The topological polar surface area (TPSA) is 60.0 Å². The summed E-state index contributed by atoms with van der Waals surface area (Å²) in [5.41, 5.74) is 2.10. The molecule has 1 atom stereocenters. The summed E-state index contributed by atoms with van der Waals surface area (Å²) in [6, 6.07) is 13.7. The van der Waals surface area contributed by atoms with Gasteiger partial charge in [-0.3, -0.25) is 4.79 Å². The summed E-state index contributed by atoms with van der Waals surface area (Å²) in [6.45, 7) is 2.26. The second kappa shape index (κ2) is 8.03. The average molecular weight is 406 g/mol. The van der Waals surface area contributed by atoms with Crippen LogP contribution in [0.2, 0.25) is 0 Å². The first-order valence-corrected chi connectivity index (χ1v) is 10.6. The van der Waals surface area contributed by atoms with E-state index in [2.05, 4.69) is 17.4 Å². The Balaban J connectivity index is 1.26. The van der Waals surface area contributed by atoms with E-state index in [1.54, 1.807) is 12.0 Å². The van der Waals surface area contributed by atoms with Crippen LogP contribution >= 0.6 is 0 Å². The van der Waals surface area contributed by atoms with E-state index in [9.17, 15) is 4.79 Å². The molecule has 156 valence electrons. The van der Waals surface area contributed by atoms with Crippen molar-refractivity contribution in [2.45, 2.75) is 31.3 Å². The molecule has 3 aliphatic rings. The molecule has 0 bridgehead atoms. The second-order valence-corrected chi connectivity index (χ2v) is 8.00. The van der Waals surface area contributed by atoms with Gasteiger partial charge in [0.1, 0.15) is 11.9 Å². The van der Waals surface area contributed by atoms with Crippen molar-refractivity contribution < 1.29 is 19.0 Å². The molecule has 6 nitrogen and oxygen atoms in total. The number of carbonyl (C=O) groups excluding carboxylic acids is 1. The zero-order valence-electron chi connectivity index (χ0n) is 17.1. The molecular weight excluding hydrogens is 380 g/mol. The van der Waals surface area contributed by atoms with Gasteiger partial charge in [-0.2, -0.15) is 0 Å². The molecule has 1 saturated heterocycles. The first-order valence-electron chi connectivity index (χ1n) is 10.6. The summed E-state index contributed by atoms with van der Waals surface area (Å²) in [6.07, 6.45) is 5.47. The quantitative estimate of drug-likeness (QED) is 0.761. The number of methoxy groups -OCH3 is 1. The molecule has 6 heteroatoms. The van der Waals surface area contributed by atoms with Crippen LogP contribution < -0.4 is 24.4 Å². The first-order chi connectivity index (χ1) is 14.7. The highest BCUT2D eigenvalue weighted by Crippen LogP contribution is 2.40. The normalized spacial score (nSPS) is 21.0. The lowest BCUT2D eigenvalue weighted by molar-refractivity contribution is -0.116. The van der Waals surface area contributed by atoms with Gasteiger partial charge in [0.05, 0.1) is 7.11 Å². The molecule has 2 aliphatic heterocycles. The van der Waals surface area contributed by atoms with Crippen molar-refractivity contribution in [1.82, 2.24) is 5.32 Å². The molecule has 2 heterocycles. The molecule has 1 amide bonds. The molecule has 1 unspecified atom stereocenters. The number of anilines is 1. The van der Waals surface area contributed by atoms with Crippen LogP contribution in [0, 0.1) is 0 Å². The standard InChI is InChI=1S/C24H26N2O4/c1-28-23-14-18(6-9-21(23)30-20-10-12-25-15-20)26-13-11-22(24(26)27)29-19-7-4-17(5-8-19)16-2-3-16/h4-9,11,14,16,20,25H,2-3,10,12-13,15H2,1H3. The number of carbonyl (C=O) groups is 1. The lowest BCUT2D eigenvalue weighted by atomic mass is 10.1.